The highest BCUT2D eigenvalue weighted by atomic mass is 32.1. The molecule has 2 rings (SSSR count). The van der Waals surface area contributed by atoms with Crippen molar-refractivity contribution in [3.63, 3.8) is 0 Å². The SMILES string of the molecule is O=C(Nc1ccsc1)N1CCOCC1. The number of carbonyl (C=O) groups is 1. The summed E-state index contributed by atoms with van der Waals surface area (Å²) in [7, 11) is 0. The molecule has 1 fully saturated rings. The summed E-state index contributed by atoms with van der Waals surface area (Å²) in [5.41, 5.74) is 0.867. The summed E-state index contributed by atoms with van der Waals surface area (Å²) < 4.78 is 5.17. The molecule has 1 saturated heterocycles. The van der Waals surface area contributed by atoms with Gasteiger partial charge in [-0.1, -0.05) is 0 Å². The highest BCUT2D eigenvalue weighted by molar-refractivity contribution is 7.08. The van der Waals surface area contributed by atoms with Crippen LogP contribution in [0.4, 0.5) is 10.5 Å². The Morgan fingerprint density at radius 2 is 2.29 bits per heavy atom. The number of hydrogen-bond acceptors (Lipinski definition) is 3. The van der Waals surface area contributed by atoms with E-state index in [1.165, 1.54) is 0 Å². The molecule has 4 nitrogen and oxygen atoms in total. The van der Waals surface area contributed by atoms with Crippen molar-refractivity contribution in [3.05, 3.63) is 16.8 Å². The normalized spacial score (nSPS) is 16.7. The lowest BCUT2D eigenvalue weighted by atomic mass is 10.4. The maximum atomic E-state index is 11.6. The second-order valence-corrected chi connectivity index (χ2v) is 3.82. The molecule has 5 heteroatoms. The molecule has 76 valence electrons. The fourth-order valence-corrected chi connectivity index (χ4v) is 1.89. The van der Waals surface area contributed by atoms with Crippen LogP contribution in [0.5, 0.6) is 0 Å². The first-order chi connectivity index (χ1) is 6.86. The van der Waals surface area contributed by atoms with E-state index in [2.05, 4.69) is 5.32 Å². The molecule has 0 unspecified atom stereocenters. The molecule has 0 saturated carbocycles. The third-order valence-electron chi connectivity index (χ3n) is 2.07. The average molecular weight is 212 g/mol. The molecule has 0 spiro atoms. The number of hydrogen-bond donors (Lipinski definition) is 1. The van der Waals surface area contributed by atoms with Crippen molar-refractivity contribution in [1.82, 2.24) is 4.90 Å². The zero-order valence-electron chi connectivity index (χ0n) is 7.73. The minimum absolute atomic E-state index is 0.0355. The van der Waals surface area contributed by atoms with Gasteiger partial charge in [-0.2, -0.15) is 11.3 Å². The molecule has 2 heterocycles. The van der Waals surface area contributed by atoms with Gasteiger partial charge in [0.25, 0.3) is 0 Å². The van der Waals surface area contributed by atoms with Gasteiger partial charge in [0.05, 0.1) is 18.9 Å². The number of ether oxygens (including phenoxy) is 1. The number of anilines is 1. The number of nitrogens with one attached hydrogen (secondary N) is 1. The van der Waals surface area contributed by atoms with Gasteiger partial charge >= 0.3 is 6.03 Å². The van der Waals surface area contributed by atoms with Crippen LogP contribution >= 0.6 is 11.3 Å². The topological polar surface area (TPSA) is 41.6 Å². The first-order valence-electron chi connectivity index (χ1n) is 4.52. The van der Waals surface area contributed by atoms with E-state index in [1.54, 1.807) is 16.2 Å². The summed E-state index contributed by atoms with van der Waals surface area (Å²) in [6, 6.07) is 1.86. The van der Waals surface area contributed by atoms with Gasteiger partial charge < -0.3 is 15.0 Å². The molecule has 1 aliphatic heterocycles. The quantitative estimate of drug-likeness (QED) is 0.768. The summed E-state index contributed by atoms with van der Waals surface area (Å²) in [4.78, 5) is 13.4. The van der Waals surface area contributed by atoms with Crippen LogP contribution in [0.1, 0.15) is 0 Å². The molecule has 1 aromatic rings. The summed E-state index contributed by atoms with van der Waals surface area (Å²) in [6.07, 6.45) is 0. The van der Waals surface area contributed by atoms with Crippen LogP contribution in [-0.4, -0.2) is 37.2 Å². The first kappa shape index (κ1) is 9.48. The summed E-state index contributed by atoms with van der Waals surface area (Å²) in [6.45, 7) is 2.63. The number of morpholine rings is 1. The van der Waals surface area contributed by atoms with E-state index in [9.17, 15) is 4.79 Å². The molecule has 1 aliphatic rings. The minimum Gasteiger partial charge on any atom is -0.378 e. The second kappa shape index (κ2) is 4.43. The lowest BCUT2D eigenvalue weighted by molar-refractivity contribution is 0.0564. The van der Waals surface area contributed by atoms with E-state index in [0.29, 0.717) is 26.3 Å². The van der Waals surface area contributed by atoms with E-state index in [4.69, 9.17) is 4.74 Å². The molecule has 14 heavy (non-hydrogen) atoms. The third kappa shape index (κ3) is 2.24. The van der Waals surface area contributed by atoms with Crippen LogP contribution < -0.4 is 5.32 Å². The monoisotopic (exact) mass is 212 g/mol. The molecule has 1 N–H and O–H groups in total. The Morgan fingerprint density at radius 1 is 1.50 bits per heavy atom. The Morgan fingerprint density at radius 3 is 2.93 bits per heavy atom. The van der Waals surface area contributed by atoms with Crippen molar-refractivity contribution < 1.29 is 9.53 Å². The molecule has 2 amide bonds. The van der Waals surface area contributed by atoms with Gasteiger partial charge in [-0.15, -0.1) is 0 Å². The van der Waals surface area contributed by atoms with Gasteiger partial charge in [0.1, 0.15) is 0 Å². The lowest BCUT2D eigenvalue weighted by Gasteiger charge is -2.26. The molecule has 0 aliphatic carbocycles. The van der Waals surface area contributed by atoms with Crippen molar-refractivity contribution in [2.24, 2.45) is 0 Å². The first-order valence-corrected chi connectivity index (χ1v) is 5.46. The van der Waals surface area contributed by atoms with Crippen LogP contribution in [0.25, 0.3) is 0 Å². The fraction of sp³-hybridized carbons (Fsp3) is 0.444. The Bertz CT molecular complexity index is 294. The van der Waals surface area contributed by atoms with Gasteiger partial charge in [-0.05, 0) is 11.4 Å². The number of urea groups is 1. The zero-order valence-corrected chi connectivity index (χ0v) is 8.55. The highest BCUT2D eigenvalue weighted by Crippen LogP contribution is 2.12. The van der Waals surface area contributed by atoms with E-state index in [1.807, 2.05) is 16.8 Å². The second-order valence-electron chi connectivity index (χ2n) is 3.04. The summed E-state index contributed by atoms with van der Waals surface area (Å²) in [5, 5.41) is 6.69. The van der Waals surface area contributed by atoms with Crippen LogP contribution in [0.3, 0.4) is 0 Å². The maximum absolute atomic E-state index is 11.6. The van der Waals surface area contributed by atoms with Crippen molar-refractivity contribution in [2.75, 3.05) is 31.6 Å². The summed E-state index contributed by atoms with van der Waals surface area (Å²) >= 11 is 1.57. The minimum atomic E-state index is -0.0355. The number of nitrogens with zero attached hydrogens (tertiary/aromatic N) is 1. The predicted octanol–water partition coefficient (Wildman–Crippen LogP) is 1.61. The van der Waals surface area contributed by atoms with Gasteiger partial charge in [-0.3, -0.25) is 0 Å². The largest absolute Gasteiger partial charge is 0.378 e. The standard InChI is InChI=1S/C9H12N2O2S/c12-9(10-8-1-6-14-7-8)11-2-4-13-5-3-11/h1,6-7H,2-5H2,(H,10,12). The molecule has 0 atom stereocenters. The predicted molar refractivity (Wildman–Crippen MR) is 55.7 cm³/mol. The van der Waals surface area contributed by atoms with Gasteiger partial charge in [0, 0.05) is 18.5 Å². The van der Waals surface area contributed by atoms with E-state index >= 15 is 0 Å². The van der Waals surface area contributed by atoms with Crippen molar-refractivity contribution in [1.29, 1.82) is 0 Å². The van der Waals surface area contributed by atoms with Crippen LogP contribution in [0.15, 0.2) is 16.8 Å². The van der Waals surface area contributed by atoms with E-state index < -0.39 is 0 Å². The molecular weight excluding hydrogens is 200 g/mol. The fourth-order valence-electron chi connectivity index (χ4n) is 1.30. The maximum Gasteiger partial charge on any atom is 0.322 e. The molecule has 0 aromatic carbocycles. The highest BCUT2D eigenvalue weighted by Gasteiger charge is 2.16. The van der Waals surface area contributed by atoms with Crippen molar-refractivity contribution in [2.45, 2.75) is 0 Å². The Balaban J connectivity index is 1.88. The Hall–Kier alpha value is -1.07. The Kier molecular flexibility index (Phi) is 3.00. The molecule has 0 bridgehead atoms. The third-order valence-corrected chi connectivity index (χ3v) is 2.75. The van der Waals surface area contributed by atoms with Gasteiger partial charge in [0.15, 0.2) is 0 Å². The van der Waals surface area contributed by atoms with Crippen LogP contribution in [-0.2, 0) is 4.74 Å². The average Bonchev–Trinajstić information content (AvgIpc) is 2.72. The lowest BCUT2D eigenvalue weighted by Crippen LogP contribution is -2.42. The summed E-state index contributed by atoms with van der Waals surface area (Å²) in [5.74, 6) is 0. The smallest absolute Gasteiger partial charge is 0.322 e. The van der Waals surface area contributed by atoms with E-state index in [-0.39, 0.29) is 6.03 Å². The van der Waals surface area contributed by atoms with Crippen LogP contribution in [0, 0.1) is 0 Å². The van der Waals surface area contributed by atoms with Crippen molar-refractivity contribution in [3.8, 4) is 0 Å². The van der Waals surface area contributed by atoms with E-state index in [0.717, 1.165) is 5.69 Å². The Labute approximate surface area is 86.5 Å². The number of thiophene rings is 1. The molecule has 1 aromatic heterocycles. The van der Waals surface area contributed by atoms with Crippen molar-refractivity contribution >= 4 is 23.1 Å². The molecular formula is C9H12N2O2S. The number of amides is 2. The van der Waals surface area contributed by atoms with Gasteiger partial charge in [0.2, 0.25) is 0 Å². The number of carbonyl (C=O) groups excluding carboxylic acids is 1. The van der Waals surface area contributed by atoms with Crippen LogP contribution in [0.2, 0.25) is 0 Å². The zero-order chi connectivity index (χ0) is 9.80. The van der Waals surface area contributed by atoms with Gasteiger partial charge in [-0.25, -0.2) is 4.79 Å². The molecule has 0 radical (unpaired) electrons. The number of rotatable bonds is 1.